The molecule has 0 aliphatic rings. The van der Waals surface area contributed by atoms with Gasteiger partial charge in [-0.15, -0.1) is 0 Å². The number of rotatable bonds is 7. The van der Waals surface area contributed by atoms with Crippen LogP contribution in [0.1, 0.15) is 15.9 Å². The largest absolute Gasteiger partial charge is 0.497 e. The van der Waals surface area contributed by atoms with E-state index in [4.69, 9.17) is 18.9 Å². The molecule has 2 rings (SSSR count). The molecule has 25 heavy (non-hydrogen) atoms. The summed E-state index contributed by atoms with van der Waals surface area (Å²) in [4.78, 5) is 12.7. The molecule has 132 valence electrons. The van der Waals surface area contributed by atoms with Crippen LogP contribution in [-0.2, 0) is 0 Å². The van der Waals surface area contributed by atoms with Gasteiger partial charge >= 0.3 is 0 Å². The van der Waals surface area contributed by atoms with Crippen LogP contribution in [0.2, 0.25) is 0 Å². The third kappa shape index (κ3) is 4.33. The molecule has 5 nitrogen and oxygen atoms in total. The summed E-state index contributed by atoms with van der Waals surface area (Å²) in [6, 6.07) is 10.5. The van der Waals surface area contributed by atoms with Crippen LogP contribution >= 0.6 is 15.9 Å². The van der Waals surface area contributed by atoms with Gasteiger partial charge in [0, 0.05) is 6.07 Å². The molecule has 0 amide bonds. The van der Waals surface area contributed by atoms with Gasteiger partial charge < -0.3 is 18.9 Å². The molecule has 0 saturated heterocycles. The highest BCUT2D eigenvalue weighted by atomic mass is 79.9. The molecule has 0 radical (unpaired) electrons. The molecule has 0 aromatic heterocycles. The molecule has 0 aliphatic carbocycles. The van der Waals surface area contributed by atoms with Crippen LogP contribution in [-0.4, -0.2) is 34.2 Å². The van der Waals surface area contributed by atoms with Gasteiger partial charge in [0.25, 0.3) is 0 Å². The lowest BCUT2D eigenvalue weighted by Crippen LogP contribution is -2.02. The Labute approximate surface area is 155 Å². The number of ketones is 1. The molecule has 0 unspecified atom stereocenters. The number of halogens is 1. The number of carbonyl (C=O) groups excluding carboxylic acids is 1. The Morgan fingerprint density at radius 2 is 1.52 bits per heavy atom. The second-order valence-electron chi connectivity index (χ2n) is 5.00. The highest BCUT2D eigenvalue weighted by Crippen LogP contribution is 2.31. The van der Waals surface area contributed by atoms with Crippen LogP contribution < -0.4 is 18.9 Å². The van der Waals surface area contributed by atoms with Crippen molar-refractivity contribution in [3.8, 4) is 23.0 Å². The standard InChI is InChI=1S/C19H19BrO5/c1-22-13-6-7-14(17(11-13)24-3)19(21)15(20)9-12-5-8-16(23-2)18(10-12)25-4/h5-11H,1-4H3/b15-9-. The summed E-state index contributed by atoms with van der Waals surface area (Å²) in [5.74, 6) is 2.08. The van der Waals surface area contributed by atoms with Crippen LogP contribution in [0.4, 0.5) is 0 Å². The fourth-order valence-electron chi connectivity index (χ4n) is 2.27. The van der Waals surface area contributed by atoms with E-state index in [1.54, 1.807) is 57.7 Å². The van der Waals surface area contributed by atoms with Crippen molar-refractivity contribution in [1.29, 1.82) is 0 Å². The zero-order valence-electron chi connectivity index (χ0n) is 14.5. The Balaban J connectivity index is 2.35. The first-order chi connectivity index (χ1) is 12.0. The molecule has 2 aromatic carbocycles. The van der Waals surface area contributed by atoms with E-state index in [1.807, 2.05) is 6.07 Å². The number of allylic oxidation sites excluding steroid dienone is 1. The smallest absolute Gasteiger partial charge is 0.203 e. The Hall–Kier alpha value is -2.47. The summed E-state index contributed by atoms with van der Waals surface area (Å²) in [6.07, 6.45) is 1.72. The highest BCUT2D eigenvalue weighted by molar-refractivity contribution is 9.12. The number of carbonyl (C=O) groups is 1. The fourth-order valence-corrected chi connectivity index (χ4v) is 2.75. The van der Waals surface area contributed by atoms with E-state index in [1.165, 1.54) is 7.11 Å². The summed E-state index contributed by atoms with van der Waals surface area (Å²) >= 11 is 3.35. The molecule has 0 heterocycles. The van der Waals surface area contributed by atoms with Crippen LogP contribution in [0, 0.1) is 0 Å². The summed E-state index contributed by atoms with van der Waals surface area (Å²) in [5.41, 5.74) is 1.23. The minimum absolute atomic E-state index is 0.200. The Morgan fingerprint density at radius 3 is 2.12 bits per heavy atom. The van der Waals surface area contributed by atoms with Crippen molar-refractivity contribution in [2.24, 2.45) is 0 Å². The summed E-state index contributed by atoms with van der Waals surface area (Å²) < 4.78 is 21.3. The van der Waals surface area contributed by atoms with E-state index in [-0.39, 0.29) is 5.78 Å². The van der Waals surface area contributed by atoms with Gasteiger partial charge in [-0.05, 0) is 51.8 Å². The third-order valence-electron chi connectivity index (χ3n) is 3.57. The van der Waals surface area contributed by atoms with Crippen molar-refractivity contribution < 1.29 is 23.7 Å². The van der Waals surface area contributed by atoms with E-state index >= 15 is 0 Å². The highest BCUT2D eigenvalue weighted by Gasteiger charge is 2.16. The number of benzene rings is 2. The van der Waals surface area contributed by atoms with Gasteiger partial charge in [0.05, 0.1) is 38.5 Å². The van der Waals surface area contributed by atoms with E-state index < -0.39 is 0 Å². The second-order valence-corrected chi connectivity index (χ2v) is 5.86. The number of ether oxygens (including phenoxy) is 4. The lowest BCUT2D eigenvalue weighted by Gasteiger charge is -2.10. The molecule has 0 saturated carbocycles. The molecular weight excluding hydrogens is 388 g/mol. The maximum absolute atomic E-state index is 12.7. The minimum atomic E-state index is -0.200. The van der Waals surface area contributed by atoms with Crippen LogP contribution in [0.5, 0.6) is 23.0 Å². The van der Waals surface area contributed by atoms with Gasteiger partial charge in [-0.2, -0.15) is 0 Å². The monoisotopic (exact) mass is 406 g/mol. The zero-order valence-corrected chi connectivity index (χ0v) is 16.0. The van der Waals surface area contributed by atoms with E-state index in [9.17, 15) is 4.79 Å². The SMILES string of the molecule is COc1ccc(C(=O)/C(Br)=C/c2ccc(OC)c(OC)c2)c(OC)c1. The van der Waals surface area contributed by atoms with Gasteiger partial charge in [0.2, 0.25) is 5.78 Å². The molecule has 0 N–H and O–H groups in total. The van der Waals surface area contributed by atoms with Crippen LogP contribution in [0.3, 0.4) is 0 Å². The van der Waals surface area contributed by atoms with Gasteiger partial charge in [-0.1, -0.05) is 6.07 Å². The van der Waals surface area contributed by atoms with E-state index in [0.29, 0.717) is 33.0 Å². The minimum Gasteiger partial charge on any atom is -0.497 e. The summed E-state index contributed by atoms with van der Waals surface area (Å²) in [7, 11) is 6.21. The van der Waals surface area contributed by atoms with Crippen molar-refractivity contribution in [2.45, 2.75) is 0 Å². The lowest BCUT2D eigenvalue weighted by atomic mass is 10.1. The van der Waals surface area contributed by atoms with Gasteiger partial charge in [0.1, 0.15) is 11.5 Å². The van der Waals surface area contributed by atoms with Crippen molar-refractivity contribution in [3.05, 3.63) is 52.0 Å². The predicted octanol–water partition coefficient (Wildman–Crippen LogP) is 4.34. The number of hydrogen-bond donors (Lipinski definition) is 0. The van der Waals surface area contributed by atoms with E-state index in [0.717, 1.165) is 5.56 Å². The van der Waals surface area contributed by atoms with Gasteiger partial charge in [-0.3, -0.25) is 4.79 Å². The van der Waals surface area contributed by atoms with Crippen LogP contribution in [0.15, 0.2) is 40.9 Å². The average Bonchev–Trinajstić information content (AvgIpc) is 2.66. The molecule has 0 aliphatic heterocycles. The fraction of sp³-hybridized carbons (Fsp3) is 0.211. The van der Waals surface area contributed by atoms with Crippen molar-refractivity contribution in [3.63, 3.8) is 0 Å². The molecular formula is C19H19BrO5. The zero-order chi connectivity index (χ0) is 18.4. The molecule has 0 atom stereocenters. The number of hydrogen-bond acceptors (Lipinski definition) is 5. The maximum Gasteiger partial charge on any atom is 0.203 e. The Morgan fingerprint density at radius 1 is 0.840 bits per heavy atom. The Bertz CT molecular complexity index is 798. The number of Topliss-reactive ketones (excluding diaryl/α,β-unsaturated/α-hetero) is 1. The first-order valence-corrected chi connectivity index (χ1v) is 8.19. The molecule has 0 bridgehead atoms. The molecule has 6 heteroatoms. The normalized spacial score (nSPS) is 11.0. The predicted molar refractivity (Wildman–Crippen MR) is 100 cm³/mol. The first-order valence-electron chi connectivity index (χ1n) is 7.40. The molecule has 0 spiro atoms. The van der Waals surface area contributed by atoms with Gasteiger partial charge in [-0.25, -0.2) is 0 Å². The van der Waals surface area contributed by atoms with Gasteiger partial charge in [0.15, 0.2) is 11.5 Å². The molecule has 2 aromatic rings. The number of methoxy groups -OCH3 is 4. The Kier molecular flexibility index (Phi) is 6.47. The van der Waals surface area contributed by atoms with Crippen molar-refractivity contribution >= 4 is 27.8 Å². The lowest BCUT2D eigenvalue weighted by molar-refractivity contribution is 0.104. The van der Waals surface area contributed by atoms with Crippen molar-refractivity contribution in [1.82, 2.24) is 0 Å². The average molecular weight is 407 g/mol. The summed E-state index contributed by atoms with van der Waals surface area (Å²) in [5, 5.41) is 0. The van der Waals surface area contributed by atoms with E-state index in [2.05, 4.69) is 15.9 Å². The summed E-state index contributed by atoms with van der Waals surface area (Å²) in [6.45, 7) is 0. The quantitative estimate of drug-likeness (QED) is 0.505. The van der Waals surface area contributed by atoms with Crippen LogP contribution in [0.25, 0.3) is 6.08 Å². The third-order valence-corrected chi connectivity index (χ3v) is 4.16. The second kappa shape index (κ2) is 8.58. The van der Waals surface area contributed by atoms with Crippen molar-refractivity contribution in [2.75, 3.05) is 28.4 Å². The topological polar surface area (TPSA) is 54.0 Å². The maximum atomic E-state index is 12.7. The first kappa shape index (κ1) is 18.9. The molecule has 0 fully saturated rings.